The van der Waals surface area contributed by atoms with Crippen molar-refractivity contribution in [2.75, 3.05) is 11.0 Å². The molecule has 0 saturated heterocycles. The van der Waals surface area contributed by atoms with Crippen LogP contribution in [0.5, 0.6) is 0 Å². The summed E-state index contributed by atoms with van der Waals surface area (Å²) in [5.74, 6) is -1.83. The zero-order valence-corrected chi connectivity index (χ0v) is 12.6. The number of ether oxygens (including phenoxy) is 1. The van der Waals surface area contributed by atoms with Gasteiger partial charge in [-0.3, -0.25) is 14.8 Å². The van der Waals surface area contributed by atoms with Crippen LogP contribution in [0.4, 0.5) is 10.5 Å². The van der Waals surface area contributed by atoms with Crippen molar-refractivity contribution in [1.82, 2.24) is 5.32 Å². The van der Waals surface area contributed by atoms with Crippen molar-refractivity contribution < 1.29 is 27.5 Å². The smallest absolute Gasteiger partial charge is 0.341 e. The summed E-state index contributed by atoms with van der Waals surface area (Å²) in [5.41, 5.74) is 4.71. The molecule has 0 fully saturated rings. The van der Waals surface area contributed by atoms with Crippen molar-refractivity contribution >= 4 is 33.6 Å². The van der Waals surface area contributed by atoms with Gasteiger partial charge in [0.15, 0.2) is 6.10 Å². The van der Waals surface area contributed by atoms with Crippen LogP contribution in [0.2, 0.25) is 0 Å². The number of carbonyl (C=O) groups excluding carboxylic acids is 3. The molecule has 0 aliphatic carbocycles. The third-order valence-electron chi connectivity index (χ3n) is 2.34. The molecule has 1 aromatic carbocycles. The Morgan fingerprint density at radius 3 is 2.36 bits per heavy atom. The number of benzene rings is 1. The van der Waals surface area contributed by atoms with E-state index >= 15 is 0 Å². The Labute approximate surface area is 126 Å². The lowest BCUT2D eigenvalue weighted by Crippen LogP contribution is -2.42. The van der Waals surface area contributed by atoms with Crippen LogP contribution >= 0.6 is 0 Å². The maximum Gasteiger partial charge on any atom is 0.341 e. The summed E-state index contributed by atoms with van der Waals surface area (Å²) < 4.78 is 29.5. The molecule has 1 aromatic rings. The maximum absolute atomic E-state index is 12.0. The van der Waals surface area contributed by atoms with Crippen molar-refractivity contribution in [3.05, 3.63) is 29.8 Å². The molecule has 3 amide bonds. The number of hydrogen-bond donors (Lipinski definition) is 3. The van der Waals surface area contributed by atoms with E-state index in [1.165, 1.54) is 31.2 Å². The zero-order valence-electron chi connectivity index (χ0n) is 11.8. The highest BCUT2D eigenvalue weighted by atomic mass is 32.2. The van der Waals surface area contributed by atoms with E-state index in [-0.39, 0.29) is 11.3 Å². The summed E-state index contributed by atoms with van der Waals surface area (Å²) in [6, 6.07) is 4.64. The van der Waals surface area contributed by atoms with Crippen molar-refractivity contribution in [3.63, 3.8) is 0 Å². The highest BCUT2D eigenvalue weighted by Gasteiger charge is 2.22. The predicted molar refractivity (Wildman–Crippen MR) is 77.5 cm³/mol. The molecule has 1 rings (SSSR count). The molecule has 0 bridgehead atoms. The number of nitrogens with two attached hydrogens (primary N) is 1. The first-order valence-corrected chi connectivity index (χ1v) is 7.87. The fourth-order valence-electron chi connectivity index (χ4n) is 1.45. The first-order valence-electron chi connectivity index (χ1n) is 5.98. The average Bonchev–Trinajstić information content (AvgIpc) is 2.36. The summed E-state index contributed by atoms with van der Waals surface area (Å²) >= 11 is 0. The number of anilines is 1. The van der Waals surface area contributed by atoms with E-state index in [9.17, 15) is 22.8 Å². The molecule has 0 radical (unpaired) electrons. The van der Waals surface area contributed by atoms with Crippen LogP contribution < -0.4 is 15.8 Å². The van der Waals surface area contributed by atoms with Gasteiger partial charge in [-0.1, -0.05) is 12.1 Å². The Kier molecular flexibility index (Phi) is 5.46. The topological polar surface area (TPSA) is 145 Å². The highest BCUT2D eigenvalue weighted by Crippen LogP contribution is 2.18. The van der Waals surface area contributed by atoms with Gasteiger partial charge in [-0.2, -0.15) is 0 Å². The van der Waals surface area contributed by atoms with Gasteiger partial charge in [0, 0.05) is 0 Å². The fraction of sp³-hybridized carbons (Fsp3) is 0.250. The lowest BCUT2D eigenvalue weighted by molar-refractivity contribution is -0.127. The Hall–Kier alpha value is -2.62. The van der Waals surface area contributed by atoms with E-state index < -0.39 is 34.0 Å². The first kappa shape index (κ1) is 17.4. The monoisotopic (exact) mass is 329 g/mol. The largest absolute Gasteiger partial charge is 0.449 e. The van der Waals surface area contributed by atoms with Gasteiger partial charge in [0.1, 0.15) is 0 Å². The van der Waals surface area contributed by atoms with Gasteiger partial charge in [0.25, 0.3) is 5.91 Å². The number of carbonyl (C=O) groups is 3. The van der Waals surface area contributed by atoms with Crippen LogP contribution in [0, 0.1) is 0 Å². The molecule has 4 N–H and O–H groups in total. The van der Waals surface area contributed by atoms with E-state index in [0.29, 0.717) is 0 Å². The third kappa shape index (κ3) is 5.40. The number of amides is 3. The molecule has 0 spiro atoms. The predicted octanol–water partition coefficient (Wildman–Crippen LogP) is -0.202. The number of hydrogen-bond acceptors (Lipinski definition) is 6. The fourth-order valence-corrected chi connectivity index (χ4v) is 2.03. The Balaban J connectivity index is 2.90. The Morgan fingerprint density at radius 2 is 1.82 bits per heavy atom. The van der Waals surface area contributed by atoms with Gasteiger partial charge in [-0.15, -0.1) is 0 Å². The summed E-state index contributed by atoms with van der Waals surface area (Å²) in [7, 11) is -3.59. The number of nitrogens with one attached hydrogen (secondary N) is 2. The molecule has 1 unspecified atom stereocenters. The number of primary amides is 1. The second kappa shape index (κ2) is 6.89. The van der Waals surface area contributed by atoms with Crippen molar-refractivity contribution in [2.45, 2.75) is 13.0 Å². The van der Waals surface area contributed by atoms with Crippen LogP contribution in [-0.2, 0) is 19.6 Å². The molecule has 0 saturated carbocycles. The summed E-state index contributed by atoms with van der Waals surface area (Å²) in [6.45, 7) is 1.24. The molecule has 0 aromatic heterocycles. The van der Waals surface area contributed by atoms with Crippen LogP contribution in [0.25, 0.3) is 0 Å². The molecule has 9 nitrogen and oxygen atoms in total. The van der Waals surface area contributed by atoms with Crippen molar-refractivity contribution in [2.24, 2.45) is 5.73 Å². The van der Waals surface area contributed by atoms with E-state index in [0.717, 1.165) is 6.26 Å². The number of imide groups is 1. The van der Waals surface area contributed by atoms with Crippen LogP contribution in [0.3, 0.4) is 0 Å². The summed E-state index contributed by atoms with van der Waals surface area (Å²) in [4.78, 5) is 34.0. The maximum atomic E-state index is 12.0. The van der Waals surface area contributed by atoms with E-state index in [2.05, 4.69) is 4.72 Å². The van der Waals surface area contributed by atoms with Crippen LogP contribution in [0.1, 0.15) is 17.3 Å². The lowest BCUT2D eigenvalue weighted by atomic mass is 10.2. The van der Waals surface area contributed by atoms with Crippen LogP contribution in [0.15, 0.2) is 24.3 Å². The second-order valence-electron chi connectivity index (χ2n) is 4.32. The Morgan fingerprint density at radius 1 is 1.23 bits per heavy atom. The Bertz CT molecular complexity index is 701. The van der Waals surface area contributed by atoms with Gasteiger partial charge in [0.2, 0.25) is 10.0 Å². The number of rotatable bonds is 5. The normalized spacial score (nSPS) is 12.1. The minimum Gasteiger partial charge on any atom is -0.449 e. The summed E-state index contributed by atoms with van der Waals surface area (Å²) in [5, 5.41) is 1.76. The van der Waals surface area contributed by atoms with E-state index in [4.69, 9.17) is 10.5 Å². The first-order chi connectivity index (χ1) is 10.1. The van der Waals surface area contributed by atoms with Gasteiger partial charge in [0.05, 0.1) is 17.5 Å². The highest BCUT2D eigenvalue weighted by molar-refractivity contribution is 7.92. The molecule has 0 aliphatic heterocycles. The molecular weight excluding hydrogens is 314 g/mol. The van der Waals surface area contributed by atoms with Gasteiger partial charge in [-0.05, 0) is 19.1 Å². The minimum absolute atomic E-state index is 0.0116. The quantitative estimate of drug-likeness (QED) is 0.638. The van der Waals surface area contributed by atoms with E-state index in [1.807, 2.05) is 0 Å². The number of para-hydroxylation sites is 1. The molecule has 22 heavy (non-hydrogen) atoms. The van der Waals surface area contributed by atoms with Crippen LogP contribution in [-0.4, -0.2) is 38.7 Å². The van der Waals surface area contributed by atoms with Crippen molar-refractivity contribution in [3.8, 4) is 0 Å². The van der Waals surface area contributed by atoms with Gasteiger partial charge < -0.3 is 10.5 Å². The van der Waals surface area contributed by atoms with Crippen molar-refractivity contribution in [1.29, 1.82) is 0 Å². The third-order valence-corrected chi connectivity index (χ3v) is 2.93. The number of urea groups is 1. The molecule has 0 heterocycles. The summed E-state index contributed by atoms with van der Waals surface area (Å²) in [6.07, 6.45) is -0.357. The SMILES string of the molecule is CC(OC(=O)c1ccccc1NS(C)(=O)=O)C(=O)NC(N)=O. The van der Waals surface area contributed by atoms with E-state index in [1.54, 1.807) is 5.32 Å². The van der Waals surface area contributed by atoms with Gasteiger partial charge >= 0.3 is 12.0 Å². The van der Waals surface area contributed by atoms with Gasteiger partial charge in [-0.25, -0.2) is 18.0 Å². The molecular formula is C12H15N3O6S. The molecule has 120 valence electrons. The molecule has 0 aliphatic rings. The minimum atomic E-state index is -3.59. The second-order valence-corrected chi connectivity index (χ2v) is 6.07. The average molecular weight is 329 g/mol. The number of esters is 1. The zero-order chi connectivity index (χ0) is 16.9. The standard InChI is InChI=1S/C12H15N3O6S/c1-7(10(16)14-12(13)18)21-11(17)8-5-3-4-6-9(8)15-22(2,19)20/h3-7,15H,1-2H3,(H3,13,14,16,18). The molecule has 10 heteroatoms. The lowest BCUT2D eigenvalue weighted by Gasteiger charge is -2.14. The number of sulfonamides is 1. The molecule has 1 atom stereocenters.